The fourth-order valence-electron chi connectivity index (χ4n) is 2.90. The van der Waals surface area contributed by atoms with Crippen molar-refractivity contribution >= 4 is 11.6 Å². The smallest absolute Gasteiger partial charge is 0.292 e. The lowest BCUT2D eigenvalue weighted by molar-refractivity contribution is -0.712. The van der Waals surface area contributed by atoms with Gasteiger partial charge in [0.15, 0.2) is 5.69 Å². The number of nitrogens with zero attached hydrogens (tertiary/aromatic N) is 3. The molecule has 1 fully saturated rings. The molecule has 0 spiro atoms. The van der Waals surface area contributed by atoms with Gasteiger partial charge in [-0.15, -0.1) is 0 Å². The lowest BCUT2D eigenvalue weighted by Gasteiger charge is -2.17. The molecule has 1 amide bonds. The maximum absolute atomic E-state index is 13.1. The molecule has 1 saturated heterocycles. The van der Waals surface area contributed by atoms with Crippen LogP contribution in [0.2, 0.25) is 0 Å². The van der Waals surface area contributed by atoms with Crippen LogP contribution >= 0.6 is 0 Å². The highest BCUT2D eigenvalue weighted by molar-refractivity contribution is 5.90. The number of carbonyl (C=O) groups excluding carboxylic acids is 1. The number of aromatic nitrogens is 2. The number of hydrogen-bond donors (Lipinski definition) is 0. The third-order valence-electron chi connectivity index (χ3n) is 4.47. The van der Waals surface area contributed by atoms with Gasteiger partial charge in [-0.2, -0.15) is 0 Å². The van der Waals surface area contributed by atoms with Crippen molar-refractivity contribution in [3.8, 4) is 0 Å². The second kappa shape index (κ2) is 5.26. The van der Waals surface area contributed by atoms with Gasteiger partial charge >= 0.3 is 5.91 Å². The van der Waals surface area contributed by atoms with Crippen LogP contribution in [0.4, 0.5) is 0 Å². The number of amides is 1. The summed E-state index contributed by atoms with van der Waals surface area (Å²) in [7, 11) is 0. The van der Waals surface area contributed by atoms with Crippen LogP contribution in [-0.4, -0.2) is 39.4 Å². The molecular weight excluding hydrogens is 262 g/mol. The molecule has 0 N–H and O–H groups in total. The second-order valence-electron chi connectivity index (χ2n) is 6.49. The molecule has 0 aromatic carbocycles. The van der Waals surface area contributed by atoms with E-state index in [4.69, 9.17) is 0 Å². The van der Waals surface area contributed by atoms with E-state index >= 15 is 0 Å². The second-order valence-corrected chi connectivity index (χ2v) is 6.49. The lowest BCUT2D eigenvalue weighted by Crippen LogP contribution is -2.36. The highest BCUT2D eigenvalue weighted by atomic mass is 16.2. The van der Waals surface area contributed by atoms with E-state index in [0.717, 1.165) is 49.5 Å². The van der Waals surface area contributed by atoms with Crippen molar-refractivity contribution in [1.82, 2.24) is 9.38 Å². The van der Waals surface area contributed by atoms with E-state index in [2.05, 4.69) is 25.8 Å². The Kier molecular flexibility index (Phi) is 3.57. The molecule has 0 radical (unpaired) electrons. The van der Waals surface area contributed by atoms with Crippen LogP contribution in [0.15, 0.2) is 24.4 Å². The summed E-state index contributed by atoms with van der Waals surface area (Å²) in [5, 5.41) is 0. The number of carbonyl (C=O) groups is 1. The Bertz CT molecular complexity index is 668. The first-order valence-electron chi connectivity index (χ1n) is 7.94. The van der Waals surface area contributed by atoms with E-state index in [0.29, 0.717) is 10.4 Å². The third-order valence-corrected chi connectivity index (χ3v) is 4.47. The summed E-state index contributed by atoms with van der Waals surface area (Å²) in [4.78, 5) is 17.7. The van der Waals surface area contributed by atoms with Gasteiger partial charge in [-0.1, -0.05) is 26.8 Å². The molecule has 4 nitrogen and oxygen atoms in total. The van der Waals surface area contributed by atoms with E-state index in [1.165, 1.54) is 0 Å². The number of imidazole rings is 1. The van der Waals surface area contributed by atoms with Gasteiger partial charge in [0.1, 0.15) is 18.7 Å². The molecule has 4 heteroatoms. The standard InChI is InChI=1S/C17H24N3O/c1-4-14-16(19-9-6-5-7-15(19)18-14)17(21)20(11-12-20)10-8-13(2)3/h5-7,9,13H,4,8,10-12H2,1-3H3/q+1. The summed E-state index contributed by atoms with van der Waals surface area (Å²) in [6.07, 6.45) is 3.86. The van der Waals surface area contributed by atoms with Crippen LogP contribution in [0.3, 0.4) is 0 Å². The maximum atomic E-state index is 13.1. The average molecular weight is 286 g/mol. The van der Waals surface area contributed by atoms with Crippen molar-refractivity contribution in [1.29, 1.82) is 0 Å². The first kappa shape index (κ1) is 14.3. The number of pyridine rings is 1. The fourth-order valence-corrected chi connectivity index (χ4v) is 2.90. The molecule has 112 valence electrons. The Balaban J connectivity index is 1.98. The monoisotopic (exact) mass is 286 g/mol. The molecule has 0 unspecified atom stereocenters. The third kappa shape index (κ3) is 2.48. The predicted molar refractivity (Wildman–Crippen MR) is 83.2 cm³/mol. The Hall–Kier alpha value is -1.68. The minimum absolute atomic E-state index is 0.256. The first-order valence-corrected chi connectivity index (χ1v) is 7.94. The van der Waals surface area contributed by atoms with Crippen LogP contribution in [0, 0.1) is 5.92 Å². The molecule has 2 aromatic heterocycles. The summed E-state index contributed by atoms with van der Waals surface area (Å²) in [5.41, 5.74) is 2.61. The van der Waals surface area contributed by atoms with Crippen molar-refractivity contribution in [2.24, 2.45) is 5.92 Å². The molecule has 21 heavy (non-hydrogen) atoms. The maximum Gasteiger partial charge on any atom is 0.365 e. The minimum Gasteiger partial charge on any atom is -0.292 e. The summed E-state index contributed by atoms with van der Waals surface area (Å²) >= 11 is 0. The van der Waals surface area contributed by atoms with Crippen molar-refractivity contribution in [3.63, 3.8) is 0 Å². The highest BCUT2D eigenvalue weighted by Crippen LogP contribution is 2.29. The number of rotatable bonds is 5. The summed E-state index contributed by atoms with van der Waals surface area (Å²) < 4.78 is 2.59. The molecule has 2 aromatic rings. The Morgan fingerprint density at radius 1 is 1.38 bits per heavy atom. The Labute approximate surface area is 126 Å². The Morgan fingerprint density at radius 2 is 2.14 bits per heavy atom. The zero-order valence-corrected chi connectivity index (χ0v) is 13.2. The Morgan fingerprint density at radius 3 is 2.76 bits per heavy atom. The SMILES string of the molecule is CCc1nc2ccccn2c1C(=O)[N+]1(CCC(C)C)CC1. The van der Waals surface area contributed by atoms with Gasteiger partial charge in [0.25, 0.3) is 0 Å². The molecule has 1 aliphatic heterocycles. The zero-order chi connectivity index (χ0) is 15.0. The van der Waals surface area contributed by atoms with E-state index in [9.17, 15) is 4.79 Å². The summed E-state index contributed by atoms with van der Waals surface area (Å²) in [5.74, 6) is 0.896. The van der Waals surface area contributed by atoms with Gasteiger partial charge in [-0.05, 0) is 30.9 Å². The van der Waals surface area contributed by atoms with Gasteiger partial charge in [0.2, 0.25) is 0 Å². The average Bonchev–Trinajstić information content (AvgIpc) is 3.18. The molecule has 0 aliphatic carbocycles. The number of fused-ring (bicyclic) bond motifs is 1. The van der Waals surface area contributed by atoms with Gasteiger partial charge in [-0.25, -0.2) is 14.3 Å². The molecule has 0 bridgehead atoms. The molecular formula is C17H24N3O+. The largest absolute Gasteiger partial charge is 0.365 e. The van der Waals surface area contributed by atoms with Crippen LogP contribution in [0.25, 0.3) is 5.65 Å². The van der Waals surface area contributed by atoms with Gasteiger partial charge < -0.3 is 0 Å². The first-order chi connectivity index (χ1) is 10.1. The molecule has 3 heterocycles. The summed E-state index contributed by atoms with van der Waals surface area (Å²) in [6, 6.07) is 5.90. The van der Waals surface area contributed by atoms with Crippen molar-refractivity contribution in [2.75, 3.05) is 19.6 Å². The minimum atomic E-state index is 0.256. The normalized spacial score (nSPS) is 16.6. The quantitative estimate of drug-likeness (QED) is 0.625. The van der Waals surface area contributed by atoms with Crippen LogP contribution < -0.4 is 0 Å². The summed E-state index contributed by atoms with van der Waals surface area (Å²) in [6.45, 7) is 9.43. The lowest BCUT2D eigenvalue weighted by atomic mass is 10.1. The van der Waals surface area contributed by atoms with Gasteiger partial charge in [0.05, 0.1) is 12.2 Å². The van der Waals surface area contributed by atoms with Gasteiger partial charge in [0, 0.05) is 6.20 Å². The molecule has 0 atom stereocenters. The van der Waals surface area contributed by atoms with Crippen molar-refractivity contribution in [3.05, 3.63) is 35.8 Å². The van der Waals surface area contributed by atoms with E-state index < -0.39 is 0 Å². The van der Waals surface area contributed by atoms with E-state index in [1.807, 2.05) is 28.8 Å². The zero-order valence-electron chi connectivity index (χ0n) is 13.2. The van der Waals surface area contributed by atoms with Crippen LogP contribution in [0.1, 0.15) is 43.4 Å². The van der Waals surface area contributed by atoms with E-state index in [-0.39, 0.29) is 5.91 Å². The van der Waals surface area contributed by atoms with Crippen LogP contribution in [0.5, 0.6) is 0 Å². The highest BCUT2D eigenvalue weighted by Gasteiger charge is 2.51. The molecule has 3 rings (SSSR count). The number of quaternary nitrogens is 1. The number of hydrogen-bond acceptors (Lipinski definition) is 2. The topological polar surface area (TPSA) is 34.4 Å². The predicted octanol–water partition coefficient (Wildman–Crippen LogP) is 2.91. The van der Waals surface area contributed by atoms with E-state index in [1.54, 1.807) is 0 Å². The molecule has 1 aliphatic rings. The van der Waals surface area contributed by atoms with Gasteiger partial charge in [-0.3, -0.25) is 4.40 Å². The van der Waals surface area contributed by atoms with Crippen molar-refractivity contribution in [2.45, 2.75) is 33.6 Å². The van der Waals surface area contributed by atoms with Crippen LogP contribution in [-0.2, 0) is 6.42 Å². The number of aryl methyl sites for hydroxylation is 1. The molecule has 0 saturated carbocycles. The fraction of sp³-hybridized carbons (Fsp3) is 0.529. The van der Waals surface area contributed by atoms with Crippen molar-refractivity contribution < 1.29 is 9.28 Å².